The van der Waals surface area contributed by atoms with Gasteiger partial charge in [0.15, 0.2) is 0 Å². The molecule has 0 aromatic heterocycles. The summed E-state index contributed by atoms with van der Waals surface area (Å²) in [5, 5.41) is 0. The Morgan fingerprint density at radius 2 is 1.68 bits per heavy atom. The molecule has 0 radical (unpaired) electrons. The SMILES string of the molecule is CCOC(=O)/C=C/CN1CCN(C(=O)OCC)CC1. The monoisotopic (exact) mass is 270 g/mol. The Balaban J connectivity index is 2.23. The Kier molecular flexibility index (Phi) is 6.95. The summed E-state index contributed by atoms with van der Waals surface area (Å²) < 4.78 is 9.74. The molecular weight excluding hydrogens is 248 g/mol. The number of piperazine rings is 1. The van der Waals surface area contributed by atoms with E-state index in [0.29, 0.717) is 32.8 Å². The molecule has 0 unspecified atom stereocenters. The van der Waals surface area contributed by atoms with Crippen LogP contribution < -0.4 is 0 Å². The van der Waals surface area contributed by atoms with Crippen molar-refractivity contribution in [3.63, 3.8) is 0 Å². The van der Waals surface area contributed by atoms with E-state index in [-0.39, 0.29) is 12.1 Å². The molecule has 0 spiro atoms. The normalized spacial score (nSPS) is 16.6. The molecule has 6 heteroatoms. The van der Waals surface area contributed by atoms with E-state index < -0.39 is 0 Å². The summed E-state index contributed by atoms with van der Waals surface area (Å²) in [6.45, 7) is 7.95. The fraction of sp³-hybridized carbons (Fsp3) is 0.692. The fourth-order valence-corrected chi connectivity index (χ4v) is 1.82. The van der Waals surface area contributed by atoms with E-state index in [9.17, 15) is 9.59 Å². The molecule has 0 bridgehead atoms. The molecule has 1 heterocycles. The van der Waals surface area contributed by atoms with Crippen LogP contribution >= 0.6 is 0 Å². The van der Waals surface area contributed by atoms with Crippen LogP contribution in [0, 0.1) is 0 Å². The van der Waals surface area contributed by atoms with E-state index in [1.54, 1.807) is 24.8 Å². The lowest BCUT2D eigenvalue weighted by molar-refractivity contribution is -0.137. The van der Waals surface area contributed by atoms with Crippen LogP contribution in [-0.4, -0.2) is 67.8 Å². The standard InChI is InChI=1S/C13H22N2O4/c1-3-18-12(16)6-5-7-14-8-10-15(11-9-14)13(17)19-4-2/h5-6H,3-4,7-11H2,1-2H3/b6-5+. The van der Waals surface area contributed by atoms with Gasteiger partial charge in [-0.15, -0.1) is 0 Å². The van der Waals surface area contributed by atoms with Gasteiger partial charge in [-0.25, -0.2) is 9.59 Å². The molecule has 1 saturated heterocycles. The first-order valence-corrected chi connectivity index (χ1v) is 6.64. The van der Waals surface area contributed by atoms with Gasteiger partial charge in [-0.2, -0.15) is 0 Å². The van der Waals surface area contributed by atoms with Gasteiger partial charge in [0, 0.05) is 38.8 Å². The number of rotatable bonds is 5. The van der Waals surface area contributed by atoms with Crippen LogP contribution in [0.25, 0.3) is 0 Å². The van der Waals surface area contributed by atoms with Crippen molar-refractivity contribution in [1.82, 2.24) is 9.80 Å². The van der Waals surface area contributed by atoms with Gasteiger partial charge in [-0.3, -0.25) is 4.90 Å². The minimum Gasteiger partial charge on any atom is -0.463 e. The second-order valence-electron chi connectivity index (χ2n) is 4.14. The zero-order chi connectivity index (χ0) is 14.1. The number of ether oxygens (including phenoxy) is 2. The minimum atomic E-state index is -0.312. The fourth-order valence-electron chi connectivity index (χ4n) is 1.82. The van der Waals surface area contributed by atoms with Gasteiger partial charge < -0.3 is 14.4 Å². The van der Waals surface area contributed by atoms with E-state index in [1.165, 1.54) is 6.08 Å². The quantitative estimate of drug-likeness (QED) is 0.548. The number of nitrogens with zero attached hydrogens (tertiary/aromatic N) is 2. The topological polar surface area (TPSA) is 59.1 Å². The van der Waals surface area contributed by atoms with E-state index in [4.69, 9.17) is 9.47 Å². The van der Waals surface area contributed by atoms with E-state index >= 15 is 0 Å². The maximum atomic E-state index is 11.5. The van der Waals surface area contributed by atoms with Crippen molar-refractivity contribution in [3.8, 4) is 0 Å². The molecular formula is C13H22N2O4. The molecule has 1 rings (SSSR count). The van der Waals surface area contributed by atoms with Crippen molar-refractivity contribution in [1.29, 1.82) is 0 Å². The number of carbonyl (C=O) groups excluding carboxylic acids is 2. The molecule has 0 saturated carbocycles. The number of esters is 1. The van der Waals surface area contributed by atoms with Crippen molar-refractivity contribution < 1.29 is 19.1 Å². The predicted octanol–water partition coefficient (Wildman–Crippen LogP) is 0.880. The Hall–Kier alpha value is -1.56. The maximum Gasteiger partial charge on any atom is 0.409 e. The third-order valence-electron chi connectivity index (χ3n) is 2.80. The molecule has 1 fully saturated rings. The van der Waals surface area contributed by atoms with E-state index in [0.717, 1.165) is 13.1 Å². The zero-order valence-electron chi connectivity index (χ0n) is 11.6. The maximum absolute atomic E-state index is 11.5. The second kappa shape index (κ2) is 8.53. The lowest BCUT2D eigenvalue weighted by atomic mass is 10.3. The van der Waals surface area contributed by atoms with Crippen LogP contribution in [0.1, 0.15) is 13.8 Å². The lowest BCUT2D eigenvalue weighted by Gasteiger charge is -2.33. The van der Waals surface area contributed by atoms with Crippen LogP contribution in [0.5, 0.6) is 0 Å². The van der Waals surface area contributed by atoms with Crippen LogP contribution in [-0.2, 0) is 14.3 Å². The van der Waals surface area contributed by atoms with Crippen molar-refractivity contribution >= 4 is 12.1 Å². The first-order chi connectivity index (χ1) is 9.17. The van der Waals surface area contributed by atoms with Crippen LogP contribution in [0.15, 0.2) is 12.2 Å². The third-order valence-corrected chi connectivity index (χ3v) is 2.80. The van der Waals surface area contributed by atoms with Gasteiger partial charge in [-0.05, 0) is 13.8 Å². The van der Waals surface area contributed by atoms with Gasteiger partial charge in [-0.1, -0.05) is 6.08 Å². The molecule has 1 aliphatic heterocycles. The summed E-state index contributed by atoms with van der Waals surface area (Å²) in [5.41, 5.74) is 0. The first-order valence-electron chi connectivity index (χ1n) is 6.64. The average Bonchev–Trinajstić information content (AvgIpc) is 2.40. The summed E-state index contributed by atoms with van der Waals surface area (Å²) in [6, 6.07) is 0. The van der Waals surface area contributed by atoms with Crippen molar-refractivity contribution in [2.45, 2.75) is 13.8 Å². The van der Waals surface area contributed by atoms with Crippen molar-refractivity contribution in [3.05, 3.63) is 12.2 Å². The Bertz CT molecular complexity index is 323. The zero-order valence-corrected chi connectivity index (χ0v) is 11.6. The highest BCUT2D eigenvalue weighted by molar-refractivity contribution is 5.81. The molecule has 1 aliphatic rings. The van der Waals surface area contributed by atoms with Crippen LogP contribution in [0.2, 0.25) is 0 Å². The van der Waals surface area contributed by atoms with Crippen LogP contribution in [0.3, 0.4) is 0 Å². The van der Waals surface area contributed by atoms with Gasteiger partial charge in [0.1, 0.15) is 0 Å². The minimum absolute atomic E-state index is 0.246. The highest BCUT2D eigenvalue weighted by atomic mass is 16.6. The Morgan fingerprint density at radius 1 is 1.05 bits per heavy atom. The van der Waals surface area contributed by atoms with Gasteiger partial charge >= 0.3 is 12.1 Å². The highest BCUT2D eigenvalue weighted by Gasteiger charge is 2.20. The molecule has 19 heavy (non-hydrogen) atoms. The van der Waals surface area contributed by atoms with Crippen molar-refractivity contribution in [2.75, 3.05) is 45.9 Å². The molecule has 0 aliphatic carbocycles. The van der Waals surface area contributed by atoms with E-state index in [1.807, 2.05) is 0 Å². The molecule has 1 amide bonds. The summed E-state index contributed by atoms with van der Waals surface area (Å²) >= 11 is 0. The van der Waals surface area contributed by atoms with E-state index in [2.05, 4.69) is 4.90 Å². The Morgan fingerprint density at radius 3 is 2.26 bits per heavy atom. The molecule has 0 N–H and O–H groups in total. The number of hydrogen-bond acceptors (Lipinski definition) is 5. The van der Waals surface area contributed by atoms with Crippen molar-refractivity contribution in [2.24, 2.45) is 0 Å². The third kappa shape index (κ3) is 5.74. The molecule has 0 atom stereocenters. The molecule has 0 aromatic carbocycles. The number of carbonyl (C=O) groups is 2. The highest BCUT2D eigenvalue weighted by Crippen LogP contribution is 2.03. The smallest absolute Gasteiger partial charge is 0.409 e. The molecule has 6 nitrogen and oxygen atoms in total. The molecule has 108 valence electrons. The molecule has 0 aromatic rings. The van der Waals surface area contributed by atoms with Gasteiger partial charge in [0.25, 0.3) is 0 Å². The van der Waals surface area contributed by atoms with Crippen LogP contribution in [0.4, 0.5) is 4.79 Å². The number of hydrogen-bond donors (Lipinski definition) is 0. The predicted molar refractivity (Wildman–Crippen MR) is 70.8 cm³/mol. The van der Waals surface area contributed by atoms with Gasteiger partial charge in [0.05, 0.1) is 13.2 Å². The second-order valence-corrected chi connectivity index (χ2v) is 4.14. The number of amides is 1. The summed E-state index contributed by atoms with van der Waals surface area (Å²) in [5.74, 6) is -0.312. The lowest BCUT2D eigenvalue weighted by Crippen LogP contribution is -2.48. The Labute approximate surface area is 113 Å². The first kappa shape index (κ1) is 15.5. The summed E-state index contributed by atoms with van der Waals surface area (Å²) in [4.78, 5) is 26.5. The van der Waals surface area contributed by atoms with Gasteiger partial charge in [0.2, 0.25) is 0 Å². The summed E-state index contributed by atoms with van der Waals surface area (Å²) in [7, 11) is 0. The average molecular weight is 270 g/mol. The summed E-state index contributed by atoms with van der Waals surface area (Å²) in [6.07, 6.45) is 2.99. The largest absolute Gasteiger partial charge is 0.463 e.